The monoisotopic (exact) mass is 275 g/mol. The van der Waals surface area contributed by atoms with Crippen LogP contribution in [0.15, 0.2) is 18.2 Å². The molecular weight excluding hydrogens is 250 g/mol. The van der Waals surface area contributed by atoms with E-state index in [-0.39, 0.29) is 0 Å². The highest BCUT2D eigenvalue weighted by atomic mass is 16.5. The van der Waals surface area contributed by atoms with Gasteiger partial charge in [0, 0.05) is 6.04 Å². The van der Waals surface area contributed by atoms with Crippen molar-refractivity contribution in [2.45, 2.75) is 44.1 Å². The highest BCUT2D eigenvalue weighted by Crippen LogP contribution is 2.42. The smallest absolute Gasteiger partial charge is 0.160 e. The number of ether oxygens (including phenoxy) is 2. The predicted molar refractivity (Wildman–Crippen MR) is 80.7 cm³/mol. The molecule has 0 heterocycles. The fraction of sp³-hybridized carbons (Fsp3) is 0.647. The van der Waals surface area contributed by atoms with Crippen molar-refractivity contribution in [2.75, 3.05) is 20.8 Å². The van der Waals surface area contributed by atoms with E-state index < -0.39 is 0 Å². The van der Waals surface area contributed by atoms with Gasteiger partial charge in [0.05, 0.1) is 14.2 Å². The van der Waals surface area contributed by atoms with Crippen molar-refractivity contribution < 1.29 is 9.47 Å². The highest BCUT2D eigenvalue weighted by Gasteiger charge is 2.31. The largest absolute Gasteiger partial charge is 0.493 e. The van der Waals surface area contributed by atoms with E-state index in [1.807, 2.05) is 6.07 Å². The van der Waals surface area contributed by atoms with Crippen molar-refractivity contribution in [3.05, 3.63) is 23.8 Å². The minimum Gasteiger partial charge on any atom is -0.493 e. The summed E-state index contributed by atoms with van der Waals surface area (Å²) in [5.74, 6) is 3.11. The zero-order chi connectivity index (χ0) is 13.9. The Balaban J connectivity index is 1.72. The Labute approximate surface area is 121 Å². The maximum absolute atomic E-state index is 5.44. The van der Waals surface area contributed by atoms with Crippen LogP contribution in [0.4, 0.5) is 0 Å². The number of methoxy groups -OCH3 is 2. The van der Waals surface area contributed by atoms with Crippen molar-refractivity contribution in [3.8, 4) is 11.5 Å². The van der Waals surface area contributed by atoms with Crippen LogP contribution in [0.5, 0.6) is 11.5 Å². The third-order valence-corrected chi connectivity index (χ3v) is 4.74. The average molecular weight is 275 g/mol. The van der Waals surface area contributed by atoms with Crippen LogP contribution in [0.3, 0.4) is 0 Å². The molecule has 0 amide bonds. The van der Waals surface area contributed by atoms with Gasteiger partial charge in [0.25, 0.3) is 0 Å². The normalized spacial score (nSPS) is 25.7. The molecule has 20 heavy (non-hydrogen) atoms. The van der Waals surface area contributed by atoms with Crippen LogP contribution in [0.25, 0.3) is 0 Å². The quantitative estimate of drug-likeness (QED) is 0.863. The molecule has 2 saturated carbocycles. The standard InChI is InChI=1S/C17H25NO2/c1-19-16-9-6-12(10-17(16)20-2)15-5-3-4-13(15)11-18-14-7-8-14/h6,9-10,13-15,18H,3-5,7-8,11H2,1-2H3. The van der Waals surface area contributed by atoms with Crippen LogP contribution in [-0.4, -0.2) is 26.8 Å². The van der Waals surface area contributed by atoms with E-state index in [1.54, 1.807) is 14.2 Å². The van der Waals surface area contributed by atoms with Crippen LogP contribution in [0, 0.1) is 5.92 Å². The first kappa shape index (κ1) is 13.7. The molecule has 0 saturated heterocycles. The molecule has 0 radical (unpaired) electrons. The van der Waals surface area contributed by atoms with E-state index in [4.69, 9.17) is 9.47 Å². The van der Waals surface area contributed by atoms with Gasteiger partial charge >= 0.3 is 0 Å². The van der Waals surface area contributed by atoms with Gasteiger partial charge in [-0.2, -0.15) is 0 Å². The first-order valence-electron chi connectivity index (χ1n) is 7.77. The second-order valence-electron chi connectivity index (χ2n) is 6.09. The van der Waals surface area contributed by atoms with Crippen LogP contribution < -0.4 is 14.8 Å². The molecule has 0 aromatic heterocycles. The summed E-state index contributed by atoms with van der Waals surface area (Å²) in [7, 11) is 3.40. The lowest BCUT2D eigenvalue weighted by Crippen LogP contribution is -2.26. The lowest BCUT2D eigenvalue weighted by molar-refractivity contribution is 0.353. The van der Waals surface area contributed by atoms with E-state index in [0.717, 1.165) is 23.5 Å². The summed E-state index contributed by atoms with van der Waals surface area (Å²) in [6, 6.07) is 7.22. The number of nitrogens with one attached hydrogen (secondary N) is 1. The molecule has 2 aliphatic rings. The first-order chi connectivity index (χ1) is 9.81. The molecule has 2 atom stereocenters. The molecule has 110 valence electrons. The summed E-state index contributed by atoms with van der Waals surface area (Å²) in [4.78, 5) is 0. The lowest BCUT2D eigenvalue weighted by Gasteiger charge is -2.21. The molecule has 2 aliphatic carbocycles. The topological polar surface area (TPSA) is 30.5 Å². The molecule has 3 rings (SSSR count). The molecule has 0 bridgehead atoms. The molecule has 3 nitrogen and oxygen atoms in total. The van der Waals surface area contributed by atoms with Crippen LogP contribution >= 0.6 is 0 Å². The fourth-order valence-electron chi connectivity index (χ4n) is 3.41. The van der Waals surface area contributed by atoms with E-state index in [1.165, 1.54) is 44.2 Å². The number of hydrogen-bond acceptors (Lipinski definition) is 3. The van der Waals surface area contributed by atoms with Gasteiger partial charge in [0.2, 0.25) is 0 Å². The lowest BCUT2D eigenvalue weighted by atomic mass is 9.88. The number of rotatable bonds is 6. The Morgan fingerprint density at radius 3 is 2.55 bits per heavy atom. The maximum Gasteiger partial charge on any atom is 0.160 e. The highest BCUT2D eigenvalue weighted by molar-refractivity contribution is 5.44. The second-order valence-corrected chi connectivity index (χ2v) is 6.09. The Hall–Kier alpha value is -1.22. The van der Waals surface area contributed by atoms with Crippen LogP contribution in [-0.2, 0) is 0 Å². The summed E-state index contributed by atoms with van der Waals surface area (Å²) in [5, 5.41) is 3.69. The molecular formula is C17H25NO2. The van der Waals surface area contributed by atoms with Crippen LogP contribution in [0.2, 0.25) is 0 Å². The van der Waals surface area contributed by atoms with Crippen LogP contribution in [0.1, 0.15) is 43.6 Å². The molecule has 1 aromatic carbocycles. The summed E-state index contributed by atoms with van der Waals surface area (Å²) in [6.45, 7) is 1.17. The van der Waals surface area contributed by atoms with Gasteiger partial charge in [0.15, 0.2) is 11.5 Å². The van der Waals surface area contributed by atoms with Crippen molar-refractivity contribution >= 4 is 0 Å². The molecule has 3 heteroatoms. The van der Waals surface area contributed by atoms with Crippen molar-refractivity contribution in [1.29, 1.82) is 0 Å². The predicted octanol–water partition coefficient (Wildman–Crippen LogP) is 3.34. The number of benzene rings is 1. The summed E-state index contributed by atoms with van der Waals surface area (Å²) in [5.41, 5.74) is 1.41. The van der Waals surface area contributed by atoms with Gasteiger partial charge in [0.1, 0.15) is 0 Å². The van der Waals surface area contributed by atoms with E-state index in [0.29, 0.717) is 5.92 Å². The van der Waals surface area contributed by atoms with E-state index in [9.17, 15) is 0 Å². The minimum atomic E-state index is 0.668. The molecule has 0 spiro atoms. The second kappa shape index (κ2) is 6.04. The summed E-state index contributed by atoms with van der Waals surface area (Å²) >= 11 is 0. The van der Waals surface area contributed by atoms with E-state index >= 15 is 0 Å². The molecule has 1 aromatic rings. The SMILES string of the molecule is COc1ccc(C2CCCC2CNC2CC2)cc1OC. The fourth-order valence-corrected chi connectivity index (χ4v) is 3.41. The average Bonchev–Trinajstić information content (AvgIpc) is 3.21. The molecule has 1 N–H and O–H groups in total. The Kier molecular flexibility index (Phi) is 4.16. The zero-order valence-electron chi connectivity index (χ0n) is 12.5. The van der Waals surface area contributed by atoms with E-state index in [2.05, 4.69) is 17.4 Å². The Morgan fingerprint density at radius 1 is 1.05 bits per heavy atom. The summed E-state index contributed by atoms with van der Waals surface area (Å²) < 4.78 is 10.8. The van der Waals surface area contributed by atoms with Crippen molar-refractivity contribution in [1.82, 2.24) is 5.32 Å². The molecule has 2 fully saturated rings. The van der Waals surface area contributed by atoms with Gasteiger partial charge < -0.3 is 14.8 Å². The van der Waals surface area contributed by atoms with Gasteiger partial charge in [-0.25, -0.2) is 0 Å². The third kappa shape index (κ3) is 2.93. The molecule has 2 unspecified atom stereocenters. The van der Waals surface area contributed by atoms with Gasteiger partial charge in [-0.1, -0.05) is 12.5 Å². The Bertz CT molecular complexity index is 456. The molecule has 0 aliphatic heterocycles. The Morgan fingerprint density at radius 2 is 1.85 bits per heavy atom. The van der Waals surface area contributed by atoms with Crippen molar-refractivity contribution in [2.24, 2.45) is 5.92 Å². The number of hydrogen-bond donors (Lipinski definition) is 1. The first-order valence-corrected chi connectivity index (χ1v) is 7.77. The maximum atomic E-state index is 5.44. The third-order valence-electron chi connectivity index (χ3n) is 4.74. The van der Waals surface area contributed by atoms with Gasteiger partial charge in [-0.3, -0.25) is 0 Å². The van der Waals surface area contributed by atoms with Gasteiger partial charge in [-0.15, -0.1) is 0 Å². The zero-order valence-corrected chi connectivity index (χ0v) is 12.5. The summed E-state index contributed by atoms with van der Waals surface area (Å²) in [6.07, 6.45) is 6.72. The minimum absolute atomic E-state index is 0.668. The van der Waals surface area contributed by atoms with Crippen molar-refractivity contribution in [3.63, 3.8) is 0 Å². The van der Waals surface area contributed by atoms with Gasteiger partial charge in [-0.05, 0) is 61.8 Å².